The largest absolute Gasteiger partial charge is 0.393 e. The summed E-state index contributed by atoms with van der Waals surface area (Å²) in [7, 11) is 0. The molecule has 9 heavy (non-hydrogen) atoms. The van der Waals surface area contributed by atoms with Gasteiger partial charge in [-0.1, -0.05) is 6.42 Å². The summed E-state index contributed by atoms with van der Waals surface area (Å²) in [6.45, 7) is 0. The molecule has 0 heterocycles. The van der Waals surface area contributed by atoms with Crippen LogP contribution >= 0.6 is 0 Å². The number of rotatable bonds is 1. The van der Waals surface area contributed by atoms with Gasteiger partial charge in [0.15, 0.2) is 0 Å². The highest BCUT2D eigenvalue weighted by Gasteiger charge is 2.19. The molecule has 1 aliphatic rings. The van der Waals surface area contributed by atoms with Crippen LogP contribution in [-0.2, 0) is 4.79 Å². The zero-order chi connectivity index (χ0) is 6.69. The first kappa shape index (κ1) is 6.75. The fourth-order valence-corrected chi connectivity index (χ4v) is 1.27. The van der Waals surface area contributed by atoms with Crippen LogP contribution in [0, 0.1) is 5.92 Å². The molecule has 0 amide bonds. The van der Waals surface area contributed by atoms with Gasteiger partial charge in [-0.3, -0.25) is 4.79 Å². The third kappa shape index (κ3) is 1.79. The first-order valence-electron chi connectivity index (χ1n) is 3.38. The van der Waals surface area contributed by atoms with Crippen molar-refractivity contribution in [2.45, 2.75) is 31.8 Å². The molecule has 0 saturated heterocycles. The second kappa shape index (κ2) is 2.97. The summed E-state index contributed by atoms with van der Waals surface area (Å²) in [5.74, 6) is 0.00810. The molecule has 1 saturated carbocycles. The van der Waals surface area contributed by atoms with Crippen LogP contribution in [0.2, 0.25) is 0 Å². The average Bonchev–Trinajstić information content (AvgIpc) is 1.88. The van der Waals surface area contributed by atoms with E-state index >= 15 is 0 Å². The van der Waals surface area contributed by atoms with Crippen molar-refractivity contribution in [2.24, 2.45) is 5.92 Å². The molecule has 1 radical (unpaired) electrons. The fraction of sp³-hybridized carbons (Fsp3) is 0.857. The molecular weight excluding hydrogens is 116 g/mol. The number of hydrogen-bond donors (Lipinski definition) is 1. The molecule has 2 atom stereocenters. The highest BCUT2D eigenvalue weighted by molar-refractivity contribution is 5.54. The van der Waals surface area contributed by atoms with Gasteiger partial charge in [0.2, 0.25) is 6.29 Å². The van der Waals surface area contributed by atoms with Crippen molar-refractivity contribution in [3.8, 4) is 0 Å². The summed E-state index contributed by atoms with van der Waals surface area (Å²) >= 11 is 0. The van der Waals surface area contributed by atoms with Crippen LogP contribution in [0.3, 0.4) is 0 Å². The summed E-state index contributed by atoms with van der Waals surface area (Å²) in [5.41, 5.74) is 0. The Morgan fingerprint density at radius 1 is 1.44 bits per heavy atom. The lowest BCUT2D eigenvalue weighted by Crippen LogP contribution is -2.19. The zero-order valence-electron chi connectivity index (χ0n) is 5.34. The molecule has 0 spiro atoms. The van der Waals surface area contributed by atoms with Gasteiger partial charge in [0.25, 0.3) is 0 Å². The summed E-state index contributed by atoms with van der Waals surface area (Å²) in [6.07, 6.45) is 5.06. The Morgan fingerprint density at radius 3 is 2.67 bits per heavy atom. The number of hydrogen-bond acceptors (Lipinski definition) is 2. The van der Waals surface area contributed by atoms with Crippen LogP contribution in [0.4, 0.5) is 0 Å². The minimum absolute atomic E-state index is 0.00810. The molecular formula is C7H11O2. The predicted molar refractivity (Wildman–Crippen MR) is 33.7 cm³/mol. The van der Waals surface area contributed by atoms with Gasteiger partial charge < -0.3 is 5.11 Å². The van der Waals surface area contributed by atoms with Gasteiger partial charge in [-0.2, -0.15) is 0 Å². The molecule has 0 aromatic carbocycles. The minimum Gasteiger partial charge on any atom is -0.393 e. The molecule has 1 rings (SSSR count). The van der Waals surface area contributed by atoms with Crippen molar-refractivity contribution in [2.75, 3.05) is 0 Å². The fourth-order valence-electron chi connectivity index (χ4n) is 1.27. The number of aliphatic hydroxyl groups is 1. The Kier molecular flexibility index (Phi) is 2.22. The lowest BCUT2D eigenvalue weighted by molar-refractivity contribution is 0.116. The van der Waals surface area contributed by atoms with Crippen molar-refractivity contribution < 1.29 is 9.90 Å². The normalized spacial score (nSPS) is 36.1. The van der Waals surface area contributed by atoms with Crippen molar-refractivity contribution >= 4 is 6.29 Å². The van der Waals surface area contributed by atoms with Crippen LogP contribution in [0.15, 0.2) is 0 Å². The Balaban J connectivity index is 2.31. The Labute approximate surface area is 54.9 Å². The molecule has 0 bridgehead atoms. The molecule has 0 aromatic heterocycles. The molecule has 2 nitrogen and oxygen atoms in total. The SMILES string of the molecule is O=[C]C1CCCC(O)C1. The highest BCUT2D eigenvalue weighted by Crippen LogP contribution is 2.21. The molecule has 1 aliphatic carbocycles. The lowest BCUT2D eigenvalue weighted by Gasteiger charge is -2.20. The molecule has 2 unspecified atom stereocenters. The van der Waals surface area contributed by atoms with E-state index in [2.05, 4.69) is 0 Å². The Bertz CT molecular complexity index is 101. The van der Waals surface area contributed by atoms with Gasteiger partial charge in [0.1, 0.15) is 0 Å². The van der Waals surface area contributed by atoms with E-state index in [9.17, 15) is 4.79 Å². The molecule has 1 fully saturated rings. The first-order chi connectivity index (χ1) is 4.33. The smallest absolute Gasteiger partial charge is 0.201 e. The molecule has 0 aromatic rings. The zero-order valence-corrected chi connectivity index (χ0v) is 5.34. The van der Waals surface area contributed by atoms with E-state index in [0.29, 0.717) is 6.42 Å². The molecule has 2 heteroatoms. The monoisotopic (exact) mass is 127 g/mol. The van der Waals surface area contributed by atoms with E-state index < -0.39 is 0 Å². The van der Waals surface area contributed by atoms with E-state index in [0.717, 1.165) is 19.3 Å². The van der Waals surface area contributed by atoms with Crippen LogP contribution in [-0.4, -0.2) is 17.5 Å². The van der Waals surface area contributed by atoms with E-state index in [4.69, 9.17) is 5.11 Å². The highest BCUT2D eigenvalue weighted by atomic mass is 16.3. The van der Waals surface area contributed by atoms with Crippen molar-refractivity contribution in [3.63, 3.8) is 0 Å². The third-order valence-corrected chi connectivity index (χ3v) is 1.81. The average molecular weight is 127 g/mol. The summed E-state index contributed by atoms with van der Waals surface area (Å²) in [6, 6.07) is 0. The Hall–Kier alpha value is -0.370. The molecule has 0 aliphatic heterocycles. The predicted octanol–water partition coefficient (Wildman–Crippen LogP) is 0.647. The second-order valence-corrected chi connectivity index (χ2v) is 2.64. The van der Waals surface area contributed by atoms with Gasteiger partial charge in [-0.15, -0.1) is 0 Å². The minimum atomic E-state index is -0.245. The standard InChI is InChI=1S/C7H11O2/c8-5-6-2-1-3-7(9)4-6/h6-7,9H,1-4H2. The topological polar surface area (TPSA) is 37.3 Å². The second-order valence-electron chi connectivity index (χ2n) is 2.64. The summed E-state index contributed by atoms with van der Waals surface area (Å²) in [5, 5.41) is 9.03. The van der Waals surface area contributed by atoms with Gasteiger partial charge in [-0.05, 0) is 19.3 Å². The van der Waals surface area contributed by atoms with Crippen LogP contribution in [0.25, 0.3) is 0 Å². The maximum atomic E-state index is 10.1. The van der Waals surface area contributed by atoms with E-state index in [-0.39, 0.29) is 12.0 Å². The quantitative estimate of drug-likeness (QED) is 0.561. The number of carbonyl (C=O) groups excluding carboxylic acids is 1. The van der Waals surface area contributed by atoms with Crippen LogP contribution in [0.1, 0.15) is 25.7 Å². The summed E-state index contributed by atoms with van der Waals surface area (Å²) in [4.78, 5) is 10.1. The third-order valence-electron chi connectivity index (χ3n) is 1.81. The van der Waals surface area contributed by atoms with Gasteiger partial charge in [-0.25, -0.2) is 0 Å². The maximum Gasteiger partial charge on any atom is 0.201 e. The van der Waals surface area contributed by atoms with Crippen LogP contribution in [0.5, 0.6) is 0 Å². The maximum absolute atomic E-state index is 10.1. The molecule has 51 valence electrons. The van der Waals surface area contributed by atoms with E-state index in [1.54, 1.807) is 0 Å². The Morgan fingerprint density at radius 2 is 2.22 bits per heavy atom. The van der Waals surface area contributed by atoms with Crippen LogP contribution < -0.4 is 0 Å². The van der Waals surface area contributed by atoms with Crippen molar-refractivity contribution in [3.05, 3.63) is 0 Å². The van der Waals surface area contributed by atoms with Crippen molar-refractivity contribution in [1.82, 2.24) is 0 Å². The van der Waals surface area contributed by atoms with E-state index in [1.165, 1.54) is 0 Å². The van der Waals surface area contributed by atoms with E-state index in [1.807, 2.05) is 6.29 Å². The molecule has 1 N–H and O–H groups in total. The summed E-state index contributed by atoms with van der Waals surface area (Å²) < 4.78 is 0. The van der Waals surface area contributed by atoms with Gasteiger partial charge in [0, 0.05) is 5.92 Å². The number of aliphatic hydroxyl groups excluding tert-OH is 1. The van der Waals surface area contributed by atoms with Gasteiger partial charge in [0.05, 0.1) is 6.10 Å². The van der Waals surface area contributed by atoms with Crippen molar-refractivity contribution in [1.29, 1.82) is 0 Å². The first-order valence-corrected chi connectivity index (χ1v) is 3.38. The van der Waals surface area contributed by atoms with Gasteiger partial charge >= 0.3 is 0 Å². The lowest BCUT2D eigenvalue weighted by atomic mass is 9.88.